The van der Waals surface area contributed by atoms with E-state index in [1.165, 1.54) is 14.2 Å². The van der Waals surface area contributed by atoms with Crippen LogP contribution in [-0.4, -0.2) is 48.9 Å². The number of amides is 3. The summed E-state index contributed by atoms with van der Waals surface area (Å²) in [6, 6.07) is 10.5. The SMILES string of the molecule is COc1ccc(C(=O)N(C2CC2)C2CC(=O)N(c3ccc(Cl)cc3)C2=O)cc1OC. The molecule has 3 amide bonds. The molecular formula is C22H21ClN2O5. The number of rotatable bonds is 6. The number of halogens is 1. The minimum Gasteiger partial charge on any atom is -0.493 e. The minimum absolute atomic E-state index is 0.0447. The van der Waals surface area contributed by atoms with Crippen molar-refractivity contribution in [3.63, 3.8) is 0 Å². The van der Waals surface area contributed by atoms with Gasteiger partial charge in [0.15, 0.2) is 11.5 Å². The largest absolute Gasteiger partial charge is 0.493 e. The van der Waals surface area contributed by atoms with Crippen molar-refractivity contribution < 1.29 is 23.9 Å². The average Bonchev–Trinajstić information content (AvgIpc) is 3.54. The van der Waals surface area contributed by atoms with Crippen molar-refractivity contribution in [2.45, 2.75) is 31.3 Å². The van der Waals surface area contributed by atoms with Crippen LogP contribution in [0.2, 0.25) is 5.02 Å². The first kappa shape index (κ1) is 20.2. The van der Waals surface area contributed by atoms with Gasteiger partial charge in [0.2, 0.25) is 5.91 Å². The van der Waals surface area contributed by atoms with Crippen molar-refractivity contribution >= 4 is 35.0 Å². The van der Waals surface area contributed by atoms with E-state index in [4.69, 9.17) is 21.1 Å². The third kappa shape index (κ3) is 3.61. The van der Waals surface area contributed by atoms with E-state index in [1.807, 2.05) is 0 Å². The van der Waals surface area contributed by atoms with Crippen LogP contribution >= 0.6 is 11.6 Å². The number of carbonyl (C=O) groups excluding carboxylic acids is 3. The Hall–Kier alpha value is -3.06. The number of benzene rings is 2. The number of carbonyl (C=O) groups is 3. The van der Waals surface area contributed by atoms with Gasteiger partial charge in [0.1, 0.15) is 6.04 Å². The molecule has 0 spiro atoms. The third-order valence-corrected chi connectivity index (χ3v) is 5.60. The molecular weight excluding hydrogens is 408 g/mol. The number of hydrogen-bond acceptors (Lipinski definition) is 5. The Morgan fingerprint density at radius 3 is 2.30 bits per heavy atom. The number of anilines is 1. The zero-order valence-corrected chi connectivity index (χ0v) is 17.4. The number of imide groups is 1. The van der Waals surface area contributed by atoms with Gasteiger partial charge in [-0.15, -0.1) is 0 Å². The molecule has 0 bridgehead atoms. The van der Waals surface area contributed by atoms with Crippen LogP contribution in [0.1, 0.15) is 29.6 Å². The highest BCUT2D eigenvalue weighted by Gasteiger charge is 2.49. The first-order valence-corrected chi connectivity index (χ1v) is 9.99. The molecule has 0 N–H and O–H groups in total. The Bertz CT molecular complexity index is 1000. The Labute approximate surface area is 179 Å². The second-order valence-corrected chi connectivity index (χ2v) is 7.71. The minimum atomic E-state index is -0.832. The summed E-state index contributed by atoms with van der Waals surface area (Å²) in [4.78, 5) is 41.9. The molecule has 1 aliphatic heterocycles. The predicted molar refractivity (Wildman–Crippen MR) is 111 cm³/mol. The van der Waals surface area contributed by atoms with Crippen LogP contribution in [-0.2, 0) is 9.59 Å². The fourth-order valence-electron chi connectivity index (χ4n) is 3.73. The van der Waals surface area contributed by atoms with Crippen LogP contribution in [0.25, 0.3) is 0 Å². The molecule has 8 heteroatoms. The Morgan fingerprint density at radius 2 is 1.70 bits per heavy atom. The van der Waals surface area contributed by atoms with Gasteiger partial charge in [0, 0.05) is 16.6 Å². The maximum atomic E-state index is 13.4. The molecule has 7 nitrogen and oxygen atoms in total. The second kappa shape index (κ2) is 7.99. The molecule has 1 heterocycles. The van der Waals surface area contributed by atoms with Crippen LogP contribution < -0.4 is 14.4 Å². The molecule has 0 radical (unpaired) electrons. The second-order valence-electron chi connectivity index (χ2n) is 7.28. The molecule has 4 rings (SSSR count). The van der Waals surface area contributed by atoms with E-state index in [1.54, 1.807) is 47.4 Å². The molecule has 1 atom stereocenters. The Morgan fingerprint density at radius 1 is 1.03 bits per heavy atom. The van der Waals surface area contributed by atoms with E-state index in [2.05, 4.69) is 0 Å². The number of methoxy groups -OCH3 is 2. The lowest BCUT2D eigenvalue weighted by Crippen LogP contribution is -2.46. The highest BCUT2D eigenvalue weighted by Crippen LogP contribution is 2.36. The summed E-state index contributed by atoms with van der Waals surface area (Å²) in [6.07, 6.45) is 1.56. The van der Waals surface area contributed by atoms with Crippen molar-refractivity contribution in [1.29, 1.82) is 0 Å². The van der Waals surface area contributed by atoms with Crippen LogP contribution in [0, 0.1) is 0 Å². The molecule has 2 aliphatic rings. The molecule has 0 aromatic heterocycles. The summed E-state index contributed by atoms with van der Waals surface area (Å²) < 4.78 is 10.5. The number of ether oxygens (including phenoxy) is 2. The van der Waals surface area contributed by atoms with Crippen LogP contribution in [0.3, 0.4) is 0 Å². The summed E-state index contributed by atoms with van der Waals surface area (Å²) >= 11 is 5.92. The van der Waals surface area contributed by atoms with Gasteiger partial charge in [-0.3, -0.25) is 14.4 Å². The van der Waals surface area contributed by atoms with Crippen LogP contribution in [0.4, 0.5) is 5.69 Å². The van der Waals surface area contributed by atoms with Gasteiger partial charge in [-0.25, -0.2) is 4.90 Å². The maximum absolute atomic E-state index is 13.4. The van der Waals surface area contributed by atoms with E-state index in [9.17, 15) is 14.4 Å². The Kier molecular flexibility index (Phi) is 5.39. The fourth-order valence-corrected chi connectivity index (χ4v) is 3.85. The lowest BCUT2D eigenvalue weighted by molar-refractivity contribution is -0.122. The zero-order valence-electron chi connectivity index (χ0n) is 16.6. The molecule has 2 fully saturated rings. The number of hydrogen-bond donors (Lipinski definition) is 0. The molecule has 156 valence electrons. The lowest BCUT2D eigenvalue weighted by Gasteiger charge is -2.28. The van der Waals surface area contributed by atoms with Gasteiger partial charge < -0.3 is 14.4 Å². The standard InChI is InChI=1S/C22H21ClN2O5/c1-29-18-10-3-13(11-19(18)30-2)21(27)24(15-8-9-15)17-12-20(26)25(22(17)28)16-6-4-14(23)5-7-16/h3-7,10-11,15,17H,8-9,12H2,1-2H3. The molecule has 1 saturated carbocycles. The highest BCUT2D eigenvalue weighted by molar-refractivity contribution is 6.31. The van der Waals surface area contributed by atoms with Gasteiger partial charge in [-0.2, -0.15) is 0 Å². The van der Waals surface area contributed by atoms with Crippen molar-refractivity contribution in [2.24, 2.45) is 0 Å². The topological polar surface area (TPSA) is 76.2 Å². The molecule has 2 aromatic rings. The molecule has 1 unspecified atom stereocenters. The summed E-state index contributed by atoms with van der Waals surface area (Å²) in [6.45, 7) is 0. The number of nitrogens with zero attached hydrogens (tertiary/aromatic N) is 2. The first-order chi connectivity index (χ1) is 14.4. The molecule has 1 saturated heterocycles. The predicted octanol–water partition coefficient (Wildman–Crippen LogP) is 3.29. The lowest BCUT2D eigenvalue weighted by atomic mass is 10.1. The van der Waals surface area contributed by atoms with Crippen molar-refractivity contribution in [2.75, 3.05) is 19.1 Å². The summed E-state index contributed by atoms with van der Waals surface area (Å²) in [7, 11) is 3.01. The highest BCUT2D eigenvalue weighted by atomic mass is 35.5. The Balaban J connectivity index is 1.63. The van der Waals surface area contributed by atoms with Crippen molar-refractivity contribution in [3.8, 4) is 11.5 Å². The summed E-state index contributed by atoms with van der Waals surface area (Å²) in [5.41, 5.74) is 0.830. The van der Waals surface area contributed by atoms with Gasteiger partial charge in [0.05, 0.1) is 26.3 Å². The van der Waals surface area contributed by atoms with E-state index >= 15 is 0 Å². The van der Waals surface area contributed by atoms with Gasteiger partial charge in [0.25, 0.3) is 11.8 Å². The van der Waals surface area contributed by atoms with E-state index in [-0.39, 0.29) is 24.3 Å². The third-order valence-electron chi connectivity index (χ3n) is 5.35. The zero-order chi connectivity index (χ0) is 21.4. The van der Waals surface area contributed by atoms with Crippen LogP contribution in [0.5, 0.6) is 11.5 Å². The van der Waals surface area contributed by atoms with E-state index < -0.39 is 11.9 Å². The van der Waals surface area contributed by atoms with Crippen molar-refractivity contribution in [3.05, 3.63) is 53.1 Å². The molecule has 30 heavy (non-hydrogen) atoms. The maximum Gasteiger partial charge on any atom is 0.257 e. The smallest absolute Gasteiger partial charge is 0.257 e. The van der Waals surface area contributed by atoms with Crippen molar-refractivity contribution in [1.82, 2.24) is 4.90 Å². The van der Waals surface area contributed by atoms with E-state index in [0.29, 0.717) is 27.8 Å². The van der Waals surface area contributed by atoms with Gasteiger partial charge in [-0.05, 0) is 55.3 Å². The van der Waals surface area contributed by atoms with Crippen LogP contribution in [0.15, 0.2) is 42.5 Å². The quantitative estimate of drug-likeness (QED) is 0.660. The van der Waals surface area contributed by atoms with Gasteiger partial charge in [-0.1, -0.05) is 11.6 Å². The van der Waals surface area contributed by atoms with Gasteiger partial charge >= 0.3 is 0 Å². The monoisotopic (exact) mass is 428 g/mol. The first-order valence-electron chi connectivity index (χ1n) is 9.61. The summed E-state index contributed by atoms with van der Waals surface area (Å²) in [5, 5.41) is 0.512. The molecule has 1 aliphatic carbocycles. The fraction of sp³-hybridized carbons (Fsp3) is 0.318. The molecule has 2 aromatic carbocycles. The van der Waals surface area contributed by atoms with E-state index in [0.717, 1.165) is 17.7 Å². The average molecular weight is 429 g/mol. The normalized spacial score (nSPS) is 18.5. The summed E-state index contributed by atoms with van der Waals surface area (Å²) in [5.74, 6) is -0.104.